The summed E-state index contributed by atoms with van der Waals surface area (Å²) in [5.74, 6) is -0.137. The van der Waals surface area contributed by atoms with Gasteiger partial charge in [-0.2, -0.15) is 0 Å². The van der Waals surface area contributed by atoms with Gasteiger partial charge in [-0.3, -0.25) is 9.78 Å². The number of benzene rings is 1. The van der Waals surface area contributed by atoms with Gasteiger partial charge in [0, 0.05) is 18.8 Å². The van der Waals surface area contributed by atoms with Crippen molar-refractivity contribution in [2.75, 3.05) is 0 Å². The van der Waals surface area contributed by atoms with Gasteiger partial charge in [-0.25, -0.2) is 4.98 Å². The summed E-state index contributed by atoms with van der Waals surface area (Å²) >= 11 is 11.9. The molecule has 5 heteroatoms. The fourth-order valence-corrected chi connectivity index (χ4v) is 1.78. The van der Waals surface area contributed by atoms with Crippen molar-refractivity contribution in [3.05, 3.63) is 58.1 Å². The van der Waals surface area contributed by atoms with Crippen LogP contribution in [0.25, 0.3) is 0 Å². The monoisotopic (exact) mass is 266 g/mol. The van der Waals surface area contributed by atoms with E-state index in [9.17, 15) is 4.79 Å². The lowest BCUT2D eigenvalue weighted by molar-refractivity contribution is 0.0988. The van der Waals surface area contributed by atoms with E-state index in [1.807, 2.05) is 0 Å². The van der Waals surface area contributed by atoms with Gasteiger partial charge in [0.05, 0.1) is 16.2 Å². The van der Waals surface area contributed by atoms with Gasteiger partial charge in [-0.1, -0.05) is 35.3 Å². The summed E-state index contributed by atoms with van der Waals surface area (Å²) in [6.45, 7) is 0. The van der Waals surface area contributed by atoms with Crippen molar-refractivity contribution in [2.45, 2.75) is 6.42 Å². The number of Topliss-reactive ketones (excluding diaryl/α,β-unsaturated/α-hetero) is 1. The molecule has 1 aromatic carbocycles. The van der Waals surface area contributed by atoms with Gasteiger partial charge in [0.1, 0.15) is 5.69 Å². The molecule has 0 amide bonds. The van der Waals surface area contributed by atoms with Crippen LogP contribution < -0.4 is 0 Å². The van der Waals surface area contributed by atoms with E-state index in [1.165, 1.54) is 18.6 Å². The number of carbonyl (C=O) groups is 1. The van der Waals surface area contributed by atoms with Gasteiger partial charge in [-0.15, -0.1) is 0 Å². The molecule has 3 nitrogen and oxygen atoms in total. The predicted molar refractivity (Wildman–Crippen MR) is 66.5 cm³/mol. The molecule has 0 aliphatic carbocycles. The molecule has 0 N–H and O–H groups in total. The van der Waals surface area contributed by atoms with Crippen molar-refractivity contribution in [2.24, 2.45) is 0 Å². The van der Waals surface area contributed by atoms with Gasteiger partial charge < -0.3 is 0 Å². The Morgan fingerprint density at radius 3 is 2.76 bits per heavy atom. The lowest BCUT2D eigenvalue weighted by atomic mass is 10.1. The first-order valence-corrected chi connectivity index (χ1v) is 5.66. The second kappa shape index (κ2) is 5.25. The van der Waals surface area contributed by atoms with Crippen molar-refractivity contribution in [1.82, 2.24) is 9.97 Å². The Kier molecular flexibility index (Phi) is 3.71. The van der Waals surface area contributed by atoms with Crippen LogP contribution in [0.1, 0.15) is 16.1 Å². The lowest BCUT2D eigenvalue weighted by Crippen LogP contribution is -2.06. The summed E-state index contributed by atoms with van der Waals surface area (Å²) in [4.78, 5) is 19.7. The molecular formula is C12H8Cl2N2O. The number of ketones is 1. The maximum atomic E-state index is 11.9. The number of aromatic nitrogens is 2. The van der Waals surface area contributed by atoms with E-state index in [4.69, 9.17) is 23.2 Å². The highest BCUT2D eigenvalue weighted by molar-refractivity contribution is 6.42. The van der Waals surface area contributed by atoms with Crippen LogP contribution in [0.15, 0.2) is 36.8 Å². The minimum absolute atomic E-state index is 0.137. The van der Waals surface area contributed by atoms with Crippen molar-refractivity contribution >= 4 is 29.0 Å². The zero-order valence-corrected chi connectivity index (χ0v) is 10.2. The third-order valence-electron chi connectivity index (χ3n) is 2.23. The van der Waals surface area contributed by atoms with Crippen molar-refractivity contribution in [1.29, 1.82) is 0 Å². The molecular weight excluding hydrogens is 259 g/mol. The van der Waals surface area contributed by atoms with Crippen molar-refractivity contribution < 1.29 is 4.79 Å². The molecule has 1 heterocycles. The number of hydrogen-bond acceptors (Lipinski definition) is 3. The van der Waals surface area contributed by atoms with E-state index in [2.05, 4.69) is 9.97 Å². The Morgan fingerprint density at radius 1 is 1.24 bits per heavy atom. The molecule has 0 aliphatic heterocycles. The van der Waals surface area contributed by atoms with Gasteiger partial charge in [0.15, 0.2) is 5.78 Å². The Balaban J connectivity index is 2.22. The number of rotatable bonds is 3. The zero-order chi connectivity index (χ0) is 12.3. The van der Waals surface area contributed by atoms with Gasteiger partial charge in [0.2, 0.25) is 0 Å². The number of halogens is 2. The molecule has 86 valence electrons. The van der Waals surface area contributed by atoms with Crippen LogP contribution in [-0.2, 0) is 6.42 Å². The lowest BCUT2D eigenvalue weighted by Gasteiger charge is -2.04. The average molecular weight is 267 g/mol. The standard InChI is InChI=1S/C12H8Cl2N2O/c13-9-3-1-2-8(12(9)14)6-11(17)10-7-15-4-5-16-10/h1-5,7H,6H2. The second-order valence-corrected chi connectivity index (χ2v) is 4.19. The van der Waals surface area contributed by atoms with E-state index >= 15 is 0 Å². The molecule has 0 bridgehead atoms. The minimum Gasteiger partial charge on any atom is -0.292 e. The van der Waals surface area contributed by atoms with Crippen molar-refractivity contribution in [3.63, 3.8) is 0 Å². The Morgan fingerprint density at radius 2 is 2.06 bits per heavy atom. The maximum absolute atomic E-state index is 11.9. The summed E-state index contributed by atoms with van der Waals surface area (Å²) in [6.07, 6.45) is 4.59. The highest BCUT2D eigenvalue weighted by Crippen LogP contribution is 2.26. The summed E-state index contributed by atoms with van der Waals surface area (Å²) in [7, 11) is 0. The SMILES string of the molecule is O=C(Cc1cccc(Cl)c1Cl)c1cnccn1. The molecule has 2 rings (SSSR count). The predicted octanol–water partition coefficient (Wildman–Crippen LogP) is 3.21. The quantitative estimate of drug-likeness (QED) is 0.802. The third kappa shape index (κ3) is 2.81. The minimum atomic E-state index is -0.137. The molecule has 0 fully saturated rings. The van der Waals surface area contributed by atoms with Crippen LogP contribution in [0, 0.1) is 0 Å². The van der Waals surface area contributed by atoms with E-state index in [0.29, 0.717) is 21.3 Å². The fraction of sp³-hybridized carbons (Fsp3) is 0.0833. The number of nitrogens with zero attached hydrogens (tertiary/aromatic N) is 2. The first-order chi connectivity index (χ1) is 8.18. The van der Waals surface area contributed by atoms with Gasteiger partial charge in [0.25, 0.3) is 0 Å². The van der Waals surface area contributed by atoms with E-state index < -0.39 is 0 Å². The molecule has 0 saturated carbocycles. The van der Waals surface area contributed by atoms with E-state index in [0.717, 1.165) is 0 Å². The van der Waals surface area contributed by atoms with Crippen LogP contribution in [0.4, 0.5) is 0 Å². The molecule has 17 heavy (non-hydrogen) atoms. The molecule has 0 spiro atoms. The van der Waals surface area contributed by atoms with E-state index in [1.54, 1.807) is 18.2 Å². The molecule has 0 saturated heterocycles. The molecule has 0 unspecified atom stereocenters. The summed E-state index contributed by atoms with van der Waals surface area (Å²) < 4.78 is 0. The van der Waals surface area contributed by atoms with Gasteiger partial charge >= 0.3 is 0 Å². The highest BCUT2D eigenvalue weighted by Gasteiger charge is 2.12. The summed E-state index contributed by atoms with van der Waals surface area (Å²) in [5, 5.41) is 0.850. The average Bonchev–Trinajstić information content (AvgIpc) is 2.36. The number of carbonyl (C=O) groups excluding carboxylic acids is 1. The molecule has 0 aliphatic rings. The normalized spacial score (nSPS) is 10.2. The Bertz CT molecular complexity index is 543. The van der Waals surface area contributed by atoms with Crippen LogP contribution in [0.5, 0.6) is 0 Å². The zero-order valence-electron chi connectivity index (χ0n) is 8.73. The maximum Gasteiger partial charge on any atom is 0.187 e. The van der Waals surface area contributed by atoms with Crippen LogP contribution >= 0.6 is 23.2 Å². The van der Waals surface area contributed by atoms with Crippen LogP contribution in [0.3, 0.4) is 0 Å². The van der Waals surface area contributed by atoms with E-state index in [-0.39, 0.29) is 12.2 Å². The molecule has 0 radical (unpaired) electrons. The molecule has 2 aromatic rings. The second-order valence-electron chi connectivity index (χ2n) is 3.40. The van der Waals surface area contributed by atoms with Crippen LogP contribution in [-0.4, -0.2) is 15.8 Å². The first-order valence-electron chi connectivity index (χ1n) is 4.90. The third-order valence-corrected chi connectivity index (χ3v) is 3.09. The van der Waals surface area contributed by atoms with Crippen LogP contribution in [0.2, 0.25) is 10.0 Å². The van der Waals surface area contributed by atoms with Crippen molar-refractivity contribution in [3.8, 4) is 0 Å². The topological polar surface area (TPSA) is 42.9 Å². The molecule has 1 aromatic heterocycles. The largest absolute Gasteiger partial charge is 0.292 e. The number of hydrogen-bond donors (Lipinski definition) is 0. The smallest absolute Gasteiger partial charge is 0.187 e. The first kappa shape index (κ1) is 12.0. The Hall–Kier alpha value is -1.45. The fourth-order valence-electron chi connectivity index (χ4n) is 1.39. The highest BCUT2D eigenvalue weighted by atomic mass is 35.5. The molecule has 0 atom stereocenters. The summed E-state index contributed by atoms with van der Waals surface area (Å²) in [5.41, 5.74) is 1.01. The Labute approximate surface area is 108 Å². The summed E-state index contributed by atoms with van der Waals surface area (Å²) in [6, 6.07) is 5.20. The van der Waals surface area contributed by atoms with Gasteiger partial charge in [-0.05, 0) is 11.6 Å².